The molecule has 0 bridgehead atoms. The quantitative estimate of drug-likeness (QED) is 0.886. The molecule has 0 radical (unpaired) electrons. The van der Waals surface area contributed by atoms with E-state index in [0.717, 1.165) is 6.42 Å². The lowest BCUT2D eigenvalue weighted by Gasteiger charge is -2.38. The Bertz CT molecular complexity index is 782. The van der Waals surface area contributed by atoms with E-state index in [4.69, 9.17) is 16.3 Å². The molecule has 1 heterocycles. The van der Waals surface area contributed by atoms with Crippen molar-refractivity contribution in [3.05, 3.63) is 58.4 Å². The van der Waals surface area contributed by atoms with Crippen LogP contribution in [0.5, 0.6) is 5.75 Å². The fourth-order valence-corrected chi connectivity index (χ4v) is 3.08. The minimum atomic E-state index is -0.461. The molecule has 0 saturated heterocycles. The van der Waals surface area contributed by atoms with Crippen LogP contribution in [-0.4, -0.2) is 24.5 Å². The zero-order valence-electron chi connectivity index (χ0n) is 13.5. The molecule has 3 rings (SSSR count). The number of hydrogen-bond donors (Lipinski definition) is 1. The number of ether oxygens (including phenoxy) is 1. The molecular weight excluding hydrogens is 331 g/mol. The predicted octanol–water partition coefficient (Wildman–Crippen LogP) is 4.46. The number of anilines is 1. The first-order chi connectivity index (χ1) is 11.5. The van der Waals surface area contributed by atoms with E-state index in [9.17, 15) is 9.18 Å². The number of halogens is 2. The van der Waals surface area contributed by atoms with E-state index in [1.807, 2.05) is 6.92 Å². The van der Waals surface area contributed by atoms with E-state index in [1.54, 1.807) is 35.2 Å². The van der Waals surface area contributed by atoms with Crippen LogP contribution in [0.15, 0.2) is 36.4 Å². The number of amides is 1. The number of nitrogens with one attached hydrogen (secondary N) is 1. The summed E-state index contributed by atoms with van der Waals surface area (Å²) in [6, 6.07) is 9.82. The first-order valence-electron chi connectivity index (χ1n) is 7.75. The van der Waals surface area contributed by atoms with Crippen molar-refractivity contribution >= 4 is 23.2 Å². The molecule has 0 saturated carbocycles. The summed E-state index contributed by atoms with van der Waals surface area (Å²) >= 11 is 6.04. The topological polar surface area (TPSA) is 41.6 Å². The van der Waals surface area contributed by atoms with Crippen molar-refractivity contribution in [1.29, 1.82) is 0 Å². The minimum Gasteiger partial charge on any atom is -0.494 e. The molecule has 1 N–H and O–H groups in total. The highest BCUT2D eigenvalue weighted by atomic mass is 35.5. The van der Waals surface area contributed by atoms with E-state index in [1.165, 1.54) is 13.2 Å². The van der Waals surface area contributed by atoms with Gasteiger partial charge in [-0.2, -0.15) is 0 Å². The van der Waals surface area contributed by atoms with Crippen LogP contribution in [0.3, 0.4) is 0 Å². The zero-order chi connectivity index (χ0) is 17.3. The molecule has 1 aliphatic rings. The van der Waals surface area contributed by atoms with Crippen molar-refractivity contribution < 1.29 is 13.9 Å². The van der Waals surface area contributed by atoms with Crippen LogP contribution in [0, 0.1) is 5.82 Å². The molecule has 4 nitrogen and oxygen atoms in total. The third-order valence-electron chi connectivity index (χ3n) is 4.03. The fraction of sp³-hybridized carbons (Fsp3) is 0.278. The summed E-state index contributed by atoms with van der Waals surface area (Å²) in [7, 11) is 1.42. The Balaban J connectivity index is 2.04. The Morgan fingerprint density at radius 3 is 2.75 bits per heavy atom. The average molecular weight is 349 g/mol. The van der Waals surface area contributed by atoms with Gasteiger partial charge in [-0.05, 0) is 42.3 Å². The minimum absolute atomic E-state index is 0.0940. The monoisotopic (exact) mass is 348 g/mol. The standard InChI is InChI=1S/C18H18ClFN2O2/c1-3-8-22-17(11-4-7-16(24-2)14(20)9-11)21-15-10-12(19)5-6-13(15)18(22)23/h4-7,9-10,17,21H,3,8H2,1-2H3. The number of benzene rings is 2. The van der Waals surface area contributed by atoms with E-state index < -0.39 is 12.0 Å². The fourth-order valence-electron chi connectivity index (χ4n) is 2.91. The molecule has 1 aliphatic heterocycles. The second-order valence-electron chi connectivity index (χ2n) is 5.63. The number of fused-ring (bicyclic) bond motifs is 1. The predicted molar refractivity (Wildman–Crippen MR) is 92.1 cm³/mol. The Kier molecular flexibility index (Phi) is 4.62. The van der Waals surface area contributed by atoms with Crippen LogP contribution in [0.1, 0.15) is 35.4 Å². The van der Waals surface area contributed by atoms with Crippen LogP contribution < -0.4 is 10.1 Å². The van der Waals surface area contributed by atoms with Gasteiger partial charge in [-0.25, -0.2) is 4.39 Å². The second kappa shape index (κ2) is 6.69. The molecule has 1 atom stereocenters. The molecule has 0 aromatic heterocycles. The SMILES string of the molecule is CCCN1C(=O)c2ccc(Cl)cc2NC1c1ccc(OC)c(F)c1. The molecule has 1 unspecified atom stereocenters. The van der Waals surface area contributed by atoms with Crippen molar-refractivity contribution in [2.45, 2.75) is 19.5 Å². The number of methoxy groups -OCH3 is 1. The van der Waals surface area contributed by atoms with Crippen molar-refractivity contribution in [2.24, 2.45) is 0 Å². The summed E-state index contributed by atoms with van der Waals surface area (Å²) in [5, 5.41) is 3.84. The van der Waals surface area contributed by atoms with Crippen LogP contribution in [0.2, 0.25) is 5.02 Å². The number of carbonyl (C=O) groups excluding carboxylic acids is 1. The maximum atomic E-state index is 14.1. The van der Waals surface area contributed by atoms with Crippen molar-refractivity contribution in [3.63, 3.8) is 0 Å². The van der Waals surface area contributed by atoms with Gasteiger partial charge in [0.25, 0.3) is 5.91 Å². The van der Waals surface area contributed by atoms with Crippen molar-refractivity contribution in [3.8, 4) is 5.75 Å². The molecule has 24 heavy (non-hydrogen) atoms. The molecule has 0 fully saturated rings. The van der Waals surface area contributed by atoms with Gasteiger partial charge in [0.15, 0.2) is 11.6 Å². The van der Waals surface area contributed by atoms with Gasteiger partial charge in [0.05, 0.1) is 18.4 Å². The number of carbonyl (C=O) groups is 1. The second-order valence-corrected chi connectivity index (χ2v) is 6.07. The third-order valence-corrected chi connectivity index (χ3v) is 4.27. The average Bonchev–Trinajstić information content (AvgIpc) is 2.57. The van der Waals surface area contributed by atoms with Gasteiger partial charge < -0.3 is 15.0 Å². The zero-order valence-corrected chi connectivity index (χ0v) is 14.2. The summed E-state index contributed by atoms with van der Waals surface area (Å²) in [6.07, 6.45) is 0.342. The highest BCUT2D eigenvalue weighted by Crippen LogP contribution is 2.35. The van der Waals surface area contributed by atoms with Crippen LogP contribution >= 0.6 is 11.6 Å². The Morgan fingerprint density at radius 1 is 1.29 bits per heavy atom. The number of rotatable bonds is 4. The van der Waals surface area contributed by atoms with Crippen molar-refractivity contribution in [2.75, 3.05) is 19.0 Å². The molecule has 0 spiro atoms. The molecule has 2 aromatic rings. The normalized spacial score (nSPS) is 16.6. The highest BCUT2D eigenvalue weighted by molar-refractivity contribution is 6.31. The maximum Gasteiger partial charge on any atom is 0.257 e. The highest BCUT2D eigenvalue weighted by Gasteiger charge is 2.32. The van der Waals surface area contributed by atoms with E-state index >= 15 is 0 Å². The van der Waals surface area contributed by atoms with Crippen molar-refractivity contribution in [1.82, 2.24) is 4.90 Å². The summed E-state index contributed by atoms with van der Waals surface area (Å²) < 4.78 is 19.1. The van der Waals surface area contributed by atoms with Gasteiger partial charge in [0, 0.05) is 11.6 Å². The smallest absolute Gasteiger partial charge is 0.257 e. The van der Waals surface area contributed by atoms with Gasteiger partial charge in [-0.1, -0.05) is 24.6 Å². The maximum absolute atomic E-state index is 14.1. The lowest BCUT2D eigenvalue weighted by molar-refractivity contribution is 0.0683. The van der Waals surface area contributed by atoms with Gasteiger partial charge >= 0.3 is 0 Å². The van der Waals surface area contributed by atoms with Crippen LogP contribution in [0.25, 0.3) is 0 Å². The molecule has 126 valence electrons. The lowest BCUT2D eigenvalue weighted by Crippen LogP contribution is -2.43. The molecule has 0 aliphatic carbocycles. The van der Waals surface area contributed by atoms with Gasteiger partial charge in [0.2, 0.25) is 0 Å². The van der Waals surface area contributed by atoms with Gasteiger partial charge in [0.1, 0.15) is 6.17 Å². The first kappa shape index (κ1) is 16.6. The summed E-state index contributed by atoms with van der Waals surface area (Å²) in [6.45, 7) is 2.56. The van der Waals surface area contributed by atoms with Crippen LogP contribution in [-0.2, 0) is 0 Å². The van der Waals surface area contributed by atoms with E-state index in [2.05, 4.69) is 5.32 Å². The Labute approximate surface area is 145 Å². The molecule has 1 amide bonds. The largest absolute Gasteiger partial charge is 0.494 e. The van der Waals surface area contributed by atoms with E-state index in [0.29, 0.717) is 28.4 Å². The summed E-state index contributed by atoms with van der Waals surface area (Å²) in [4.78, 5) is 14.5. The number of nitrogens with zero attached hydrogens (tertiary/aromatic N) is 1. The Morgan fingerprint density at radius 2 is 2.08 bits per heavy atom. The summed E-state index contributed by atoms with van der Waals surface area (Å²) in [5.41, 5.74) is 1.87. The third kappa shape index (κ3) is 2.91. The summed E-state index contributed by atoms with van der Waals surface area (Å²) in [5.74, 6) is -0.382. The van der Waals surface area contributed by atoms with Crippen LogP contribution in [0.4, 0.5) is 10.1 Å². The van der Waals surface area contributed by atoms with Gasteiger partial charge in [-0.15, -0.1) is 0 Å². The lowest BCUT2D eigenvalue weighted by atomic mass is 10.0. The Hall–Kier alpha value is -2.27. The van der Waals surface area contributed by atoms with E-state index in [-0.39, 0.29) is 11.7 Å². The molecule has 2 aromatic carbocycles. The first-order valence-corrected chi connectivity index (χ1v) is 8.13. The number of hydrogen-bond acceptors (Lipinski definition) is 3. The molecule has 6 heteroatoms. The molecular formula is C18H18ClFN2O2. The van der Waals surface area contributed by atoms with Gasteiger partial charge in [-0.3, -0.25) is 4.79 Å².